The van der Waals surface area contributed by atoms with Gasteiger partial charge >= 0.3 is 0 Å². The van der Waals surface area contributed by atoms with Crippen LogP contribution in [0.15, 0.2) is 48.8 Å². The monoisotopic (exact) mass is 261 g/mol. The molecule has 0 spiro atoms. The van der Waals surface area contributed by atoms with E-state index in [0.717, 1.165) is 11.4 Å². The Morgan fingerprint density at radius 2 is 1.94 bits per heavy atom. The van der Waals surface area contributed by atoms with E-state index < -0.39 is 0 Å². The van der Waals surface area contributed by atoms with Gasteiger partial charge < -0.3 is 10.6 Å². The van der Waals surface area contributed by atoms with Crippen LogP contribution >= 0.6 is 11.6 Å². The Labute approximate surface area is 110 Å². The molecule has 1 aromatic carbocycles. The average molecular weight is 262 g/mol. The molecule has 0 bridgehead atoms. The number of amides is 1. The van der Waals surface area contributed by atoms with Gasteiger partial charge in [-0.05, 0) is 36.4 Å². The topological polar surface area (TPSA) is 54.0 Å². The minimum atomic E-state index is -0.124. The first-order valence-corrected chi connectivity index (χ1v) is 5.81. The number of nitrogens with zero attached hydrogens (tertiary/aromatic N) is 1. The molecule has 0 radical (unpaired) electrons. The largest absolute Gasteiger partial charge is 0.375 e. The molecule has 2 rings (SSSR count). The summed E-state index contributed by atoms with van der Waals surface area (Å²) in [5.41, 5.74) is 1.53. The molecule has 5 heteroatoms. The number of hydrogen-bond donors (Lipinski definition) is 2. The molecule has 0 aliphatic heterocycles. The number of carbonyl (C=O) groups excluding carboxylic acids is 1. The van der Waals surface area contributed by atoms with E-state index in [1.807, 2.05) is 6.07 Å². The van der Waals surface area contributed by atoms with Gasteiger partial charge in [-0.1, -0.05) is 11.6 Å². The lowest BCUT2D eigenvalue weighted by Crippen LogP contribution is -2.21. The quantitative estimate of drug-likeness (QED) is 0.890. The van der Waals surface area contributed by atoms with Crippen LogP contribution in [-0.4, -0.2) is 17.4 Å². The minimum Gasteiger partial charge on any atom is -0.375 e. The van der Waals surface area contributed by atoms with Crippen molar-refractivity contribution < 1.29 is 4.79 Å². The van der Waals surface area contributed by atoms with Gasteiger partial charge in [0.05, 0.1) is 12.2 Å². The summed E-state index contributed by atoms with van der Waals surface area (Å²) in [4.78, 5) is 15.6. The van der Waals surface area contributed by atoms with E-state index in [0.29, 0.717) is 5.02 Å². The number of halogens is 1. The molecular formula is C13H12ClN3O. The predicted octanol–water partition coefficient (Wildman–Crippen LogP) is 2.79. The van der Waals surface area contributed by atoms with Gasteiger partial charge in [0.15, 0.2) is 0 Å². The molecule has 0 fully saturated rings. The number of rotatable bonds is 4. The molecule has 4 nitrogen and oxygen atoms in total. The van der Waals surface area contributed by atoms with E-state index in [4.69, 9.17) is 11.6 Å². The van der Waals surface area contributed by atoms with Crippen LogP contribution in [0.5, 0.6) is 0 Å². The highest BCUT2D eigenvalue weighted by atomic mass is 35.5. The predicted molar refractivity (Wildman–Crippen MR) is 72.8 cm³/mol. The van der Waals surface area contributed by atoms with Crippen molar-refractivity contribution in [1.82, 2.24) is 4.98 Å². The molecule has 2 N–H and O–H groups in total. The van der Waals surface area contributed by atoms with Crippen LogP contribution in [0.2, 0.25) is 5.02 Å². The smallest absolute Gasteiger partial charge is 0.243 e. The number of nitrogens with one attached hydrogen (secondary N) is 2. The second kappa shape index (κ2) is 6.02. The van der Waals surface area contributed by atoms with E-state index >= 15 is 0 Å². The number of aromatic nitrogens is 1. The van der Waals surface area contributed by atoms with Crippen LogP contribution in [0.1, 0.15) is 0 Å². The van der Waals surface area contributed by atoms with E-state index in [-0.39, 0.29) is 12.5 Å². The van der Waals surface area contributed by atoms with Crippen LogP contribution in [0.25, 0.3) is 0 Å². The lowest BCUT2D eigenvalue weighted by molar-refractivity contribution is -0.114. The second-order valence-electron chi connectivity index (χ2n) is 3.65. The Hall–Kier alpha value is -2.07. The Kier molecular flexibility index (Phi) is 4.15. The molecule has 0 saturated heterocycles. The molecule has 0 saturated carbocycles. The van der Waals surface area contributed by atoms with Crippen molar-refractivity contribution in [3.05, 3.63) is 53.8 Å². The highest BCUT2D eigenvalue weighted by Crippen LogP contribution is 2.13. The summed E-state index contributed by atoms with van der Waals surface area (Å²) in [6, 6.07) is 10.6. The zero-order valence-corrected chi connectivity index (χ0v) is 10.3. The van der Waals surface area contributed by atoms with Gasteiger partial charge in [0.1, 0.15) is 0 Å². The number of hydrogen-bond acceptors (Lipinski definition) is 3. The zero-order chi connectivity index (χ0) is 12.8. The van der Waals surface area contributed by atoms with Gasteiger partial charge in [-0.15, -0.1) is 0 Å². The van der Waals surface area contributed by atoms with Crippen molar-refractivity contribution >= 4 is 28.9 Å². The lowest BCUT2D eigenvalue weighted by atomic mass is 10.3. The first kappa shape index (κ1) is 12.4. The molecular weight excluding hydrogens is 250 g/mol. The molecule has 0 atom stereocenters. The van der Waals surface area contributed by atoms with E-state index in [9.17, 15) is 4.79 Å². The van der Waals surface area contributed by atoms with Crippen molar-refractivity contribution in [3.8, 4) is 0 Å². The summed E-state index contributed by atoms with van der Waals surface area (Å²) < 4.78 is 0. The Morgan fingerprint density at radius 3 is 2.61 bits per heavy atom. The SMILES string of the molecule is O=C(CNc1cccnc1)Nc1ccc(Cl)cc1. The number of anilines is 2. The van der Waals surface area contributed by atoms with Crippen molar-refractivity contribution in [2.24, 2.45) is 0 Å². The van der Waals surface area contributed by atoms with Crippen LogP contribution in [0, 0.1) is 0 Å². The third-order valence-corrected chi connectivity index (χ3v) is 2.49. The Bertz CT molecular complexity index is 514. The fraction of sp³-hybridized carbons (Fsp3) is 0.0769. The fourth-order valence-electron chi connectivity index (χ4n) is 1.39. The molecule has 0 unspecified atom stereocenters. The van der Waals surface area contributed by atoms with Gasteiger partial charge in [-0.3, -0.25) is 9.78 Å². The third kappa shape index (κ3) is 3.75. The maximum Gasteiger partial charge on any atom is 0.243 e. The molecule has 1 aromatic heterocycles. The van der Waals surface area contributed by atoms with Crippen molar-refractivity contribution in [3.63, 3.8) is 0 Å². The van der Waals surface area contributed by atoms with Crippen LogP contribution in [0.3, 0.4) is 0 Å². The standard InChI is InChI=1S/C13H12ClN3O/c14-10-3-5-11(6-4-10)17-13(18)9-16-12-2-1-7-15-8-12/h1-8,16H,9H2,(H,17,18). The third-order valence-electron chi connectivity index (χ3n) is 2.24. The van der Waals surface area contributed by atoms with Gasteiger partial charge in [-0.25, -0.2) is 0 Å². The number of pyridine rings is 1. The van der Waals surface area contributed by atoms with E-state index in [2.05, 4.69) is 15.6 Å². The Balaban J connectivity index is 1.84. The molecule has 1 heterocycles. The molecule has 0 aliphatic carbocycles. The highest BCUT2D eigenvalue weighted by Gasteiger charge is 2.01. The lowest BCUT2D eigenvalue weighted by Gasteiger charge is -2.07. The normalized spacial score (nSPS) is 9.83. The van der Waals surface area contributed by atoms with Gasteiger partial charge in [0.2, 0.25) is 5.91 Å². The van der Waals surface area contributed by atoms with Gasteiger partial charge in [0, 0.05) is 23.1 Å². The average Bonchev–Trinajstić information content (AvgIpc) is 2.40. The van der Waals surface area contributed by atoms with E-state index in [1.54, 1.807) is 42.7 Å². The second-order valence-corrected chi connectivity index (χ2v) is 4.09. The summed E-state index contributed by atoms with van der Waals surface area (Å²) in [6.07, 6.45) is 3.34. The Morgan fingerprint density at radius 1 is 1.17 bits per heavy atom. The molecule has 0 aliphatic rings. The van der Waals surface area contributed by atoms with Crippen LogP contribution in [-0.2, 0) is 4.79 Å². The summed E-state index contributed by atoms with van der Waals surface area (Å²) in [7, 11) is 0. The maximum atomic E-state index is 11.6. The summed E-state index contributed by atoms with van der Waals surface area (Å²) >= 11 is 5.76. The minimum absolute atomic E-state index is 0.124. The molecule has 92 valence electrons. The first-order chi connectivity index (χ1) is 8.74. The number of carbonyl (C=O) groups is 1. The zero-order valence-electron chi connectivity index (χ0n) is 9.56. The van der Waals surface area contributed by atoms with Crippen molar-refractivity contribution in [2.75, 3.05) is 17.2 Å². The van der Waals surface area contributed by atoms with Gasteiger partial charge in [0.25, 0.3) is 0 Å². The summed E-state index contributed by atoms with van der Waals surface area (Å²) in [5.74, 6) is -0.124. The first-order valence-electron chi connectivity index (χ1n) is 5.43. The molecule has 18 heavy (non-hydrogen) atoms. The summed E-state index contributed by atoms with van der Waals surface area (Å²) in [5, 5.41) is 6.37. The molecule has 2 aromatic rings. The van der Waals surface area contributed by atoms with Crippen LogP contribution in [0.4, 0.5) is 11.4 Å². The highest BCUT2D eigenvalue weighted by molar-refractivity contribution is 6.30. The van der Waals surface area contributed by atoms with Gasteiger partial charge in [-0.2, -0.15) is 0 Å². The number of benzene rings is 1. The summed E-state index contributed by atoms with van der Waals surface area (Å²) in [6.45, 7) is 0.189. The van der Waals surface area contributed by atoms with E-state index in [1.165, 1.54) is 0 Å². The van der Waals surface area contributed by atoms with Crippen LogP contribution < -0.4 is 10.6 Å². The van der Waals surface area contributed by atoms with Crippen molar-refractivity contribution in [2.45, 2.75) is 0 Å². The molecule has 1 amide bonds. The fourth-order valence-corrected chi connectivity index (χ4v) is 1.51. The maximum absolute atomic E-state index is 11.6. The van der Waals surface area contributed by atoms with Crippen molar-refractivity contribution in [1.29, 1.82) is 0 Å².